The number of likely N-dealkylation sites (tertiary alicyclic amines) is 1. The van der Waals surface area contributed by atoms with E-state index in [1.807, 2.05) is 4.90 Å². The van der Waals surface area contributed by atoms with Gasteiger partial charge in [-0.3, -0.25) is 14.4 Å². The summed E-state index contributed by atoms with van der Waals surface area (Å²) in [6.45, 7) is 2.93. The van der Waals surface area contributed by atoms with Gasteiger partial charge in [0.2, 0.25) is 11.8 Å². The normalized spacial score (nSPS) is 21.0. The maximum absolute atomic E-state index is 12.4. The minimum Gasteiger partial charge on any atom is -0.375 e. The van der Waals surface area contributed by atoms with Crippen molar-refractivity contribution >= 4 is 11.8 Å². The summed E-state index contributed by atoms with van der Waals surface area (Å²) in [7, 11) is 0. The van der Waals surface area contributed by atoms with E-state index < -0.39 is 0 Å². The largest absolute Gasteiger partial charge is 0.375 e. The number of nitrogens with one attached hydrogen (secondary N) is 1. The van der Waals surface area contributed by atoms with Gasteiger partial charge < -0.3 is 19.5 Å². The number of hydrogen-bond donors (Lipinski definition) is 1. The zero-order valence-corrected chi connectivity index (χ0v) is 14.3. The molecule has 2 aliphatic rings. The van der Waals surface area contributed by atoms with Gasteiger partial charge in [0, 0.05) is 50.8 Å². The summed E-state index contributed by atoms with van der Waals surface area (Å²) in [6.07, 6.45) is 4.56. The monoisotopic (exact) mass is 348 g/mol. The molecule has 2 aliphatic heterocycles. The van der Waals surface area contributed by atoms with Crippen LogP contribution in [0.2, 0.25) is 0 Å². The van der Waals surface area contributed by atoms with Crippen molar-refractivity contribution in [2.75, 3.05) is 32.8 Å². The Morgan fingerprint density at radius 1 is 1.36 bits per heavy atom. The van der Waals surface area contributed by atoms with Crippen LogP contribution in [0, 0.1) is 0 Å². The van der Waals surface area contributed by atoms with Crippen molar-refractivity contribution in [3.8, 4) is 0 Å². The number of aryl methyl sites for hydroxylation is 1. The highest BCUT2D eigenvalue weighted by Gasteiger charge is 2.26. The highest BCUT2D eigenvalue weighted by atomic mass is 16.5. The van der Waals surface area contributed by atoms with E-state index in [4.69, 9.17) is 4.74 Å². The molecule has 0 aromatic carbocycles. The number of ether oxygens (including phenoxy) is 1. The van der Waals surface area contributed by atoms with E-state index >= 15 is 0 Å². The molecule has 136 valence electrons. The van der Waals surface area contributed by atoms with Crippen molar-refractivity contribution in [2.45, 2.75) is 38.2 Å². The summed E-state index contributed by atoms with van der Waals surface area (Å²) in [5, 5.41) is 0. The first-order chi connectivity index (χ1) is 12.1. The minimum absolute atomic E-state index is 0.0489. The lowest BCUT2D eigenvalue weighted by Gasteiger charge is -2.33. The van der Waals surface area contributed by atoms with Gasteiger partial charge in [0.15, 0.2) is 0 Å². The molecule has 1 atom stereocenters. The van der Waals surface area contributed by atoms with E-state index in [9.17, 15) is 14.4 Å². The molecular formula is C17H24N4O4. The standard InChI is InChI=1S/C17H24N4O4/c22-15-10-13(18-12-19-15)3-4-14-11-21(8-9-25-14)17(24)5-7-20-6-1-2-16(20)23/h10,12,14H,1-9,11H2,(H,18,19,22)/t14-/m0/s1. The molecule has 2 amide bonds. The van der Waals surface area contributed by atoms with Crippen LogP contribution in [-0.2, 0) is 20.7 Å². The van der Waals surface area contributed by atoms with Crippen molar-refractivity contribution in [2.24, 2.45) is 0 Å². The molecule has 1 aromatic rings. The number of nitrogens with zero attached hydrogens (tertiary/aromatic N) is 3. The Labute approximate surface area is 146 Å². The Morgan fingerprint density at radius 3 is 3.00 bits per heavy atom. The topological polar surface area (TPSA) is 95.6 Å². The van der Waals surface area contributed by atoms with E-state index in [0.717, 1.165) is 18.7 Å². The summed E-state index contributed by atoms with van der Waals surface area (Å²) in [4.78, 5) is 45.5. The Balaban J connectivity index is 1.44. The second-order valence-electron chi connectivity index (χ2n) is 6.51. The van der Waals surface area contributed by atoms with Crippen LogP contribution in [-0.4, -0.2) is 70.5 Å². The lowest BCUT2D eigenvalue weighted by molar-refractivity contribution is -0.139. The molecule has 1 N–H and O–H groups in total. The minimum atomic E-state index is -0.164. The third-order valence-electron chi connectivity index (χ3n) is 4.72. The Bertz CT molecular complexity index is 675. The molecule has 3 heterocycles. The maximum Gasteiger partial charge on any atom is 0.250 e. The second kappa shape index (κ2) is 8.24. The SMILES string of the molecule is O=C1CCCN1CCC(=O)N1CCO[C@@H](CCc2cc(=O)[nH]cn2)C1. The number of carbonyl (C=O) groups excluding carboxylic acids is 2. The fourth-order valence-electron chi connectivity index (χ4n) is 3.30. The summed E-state index contributed by atoms with van der Waals surface area (Å²) in [6, 6.07) is 1.48. The molecule has 2 saturated heterocycles. The van der Waals surface area contributed by atoms with Crippen LogP contribution in [0.25, 0.3) is 0 Å². The zero-order chi connectivity index (χ0) is 17.6. The van der Waals surface area contributed by atoms with Gasteiger partial charge in [-0.05, 0) is 19.3 Å². The average molecular weight is 348 g/mol. The smallest absolute Gasteiger partial charge is 0.250 e. The highest BCUT2D eigenvalue weighted by Crippen LogP contribution is 2.14. The number of carbonyl (C=O) groups is 2. The molecule has 0 unspecified atom stereocenters. The second-order valence-corrected chi connectivity index (χ2v) is 6.51. The summed E-state index contributed by atoms with van der Waals surface area (Å²) < 4.78 is 5.73. The summed E-state index contributed by atoms with van der Waals surface area (Å²) >= 11 is 0. The number of morpholine rings is 1. The first-order valence-corrected chi connectivity index (χ1v) is 8.82. The molecule has 2 fully saturated rings. The molecule has 0 saturated carbocycles. The molecule has 8 nitrogen and oxygen atoms in total. The van der Waals surface area contributed by atoms with Crippen LogP contribution in [0.4, 0.5) is 0 Å². The van der Waals surface area contributed by atoms with Crippen LogP contribution >= 0.6 is 0 Å². The Morgan fingerprint density at radius 2 is 2.24 bits per heavy atom. The first kappa shape index (κ1) is 17.6. The quantitative estimate of drug-likeness (QED) is 0.777. The van der Waals surface area contributed by atoms with Crippen molar-refractivity contribution in [3.63, 3.8) is 0 Å². The van der Waals surface area contributed by atoms with Gasteiger partial charge in [-0.2, -0.15) is 0 Å². The molecule has 3 rings (SSSR count). The van der Waals surface area contributed by atoms with Crippen LogP contribution in [0.1, 0.15) is 31.4 Å². The van der Waals surface area contributed by atoms with Crippen LogP contribution in [0.3, 0.4) is 0 Å². The zero-order valence-electron chi connectivity index (χ0n) is 14.3. The molecule has 0 radical (unpaired) electrons. The van der Waals surface area contributed by atoms with Gasteiger partial charge in [-0.15, -0.1) is 0 Å². The third-order valence-corrected chi connectivity index (χ3v) is 4.72. The van der Waals surface area contributed by atoms with Gasteiger partial charge in [-0.25, -0.2) is 4.98 Å². The predicted octanol–water partition coefficient (Wildman–Crippen LogP) is -0.0576. The fraction of sp³-hybridized carbons (Fsp3) is 0.647. The van der Waals surface area contributed by atoms with Gasteiger partial charge in [0.05, 0.1) is 19.0 Å². The van der Waals surface area contributed by atoms with E-state index in [-0.39, 0.29) is 23.5 Å². The van der Waals surface area contributed by atoms with E-state index in [1.54, 1.807) is 4.90 Å². The number of H-pyrrole nitrogens is 1. The molecule has 25 heavy (non-hydrogen) atoms. The molecular weight excluding hydrogens is 324 g/mol. The number of aromatic amines is 1. The first-order valence-electron chi connectivity index (χ1n) is 8.82. The summed E-state index contributed by atoms with van der Waals surface area (Å²) in [5.74, 6) is 0.222. The fourth-order valence-corrected chi connectivity index (χ4v) is 3.30. The van der Waals surface area contributed by atoms with Crippen molar-refractivity contribution < 1.29 is 14.3 Å². The lowest BCUT2D eigenvalue weighted by atomic mass is 10.1. The third kappa shape index (κ3) is 4.88. The van der Waals surface area contributed by atoms with E-state index in [1.165, 1.54) is 12.4 Å². The lowest BCUT2D eigenvalue weighted by Crippen LogP contribution is -2.46. The van der Waals surface area contributed by atoms with Gasteiger partial charge in [-0.1, -0.05) is 0 Å². The molecule has 0 spiro atoms. The highest BCUT2D eigenvalue weighted by molar-refractivity contribution is 5.80. The summed E-state index contributed by atoms with van der Waals surface area (Å²) in [5.41, 5.74) is 0.561. The molecule has 8 heteroatoms. The van der Waals surface area contributed by atoms with Crippen molar-refractivity contribution in [1.29, 1.82) is 0 Å². The molecule has 1 aromatic heterocycles. The van der Waals surface area contributed by atoms with Crippen LogP contribution in [0.15, 0.2) is 17.2 Å². The molecule has 0 aliphatic carbocycles. The molecule has 0 bridgehead atoms. The van der Waals surface area contributed by atoms with E-state index in [2.05, 4.69) is 9.97 Å². The van der Waals surface area contributed by atoms with Crippen LogP contribution < -0.4 is 5.56 Å². The van der Waals surface area contributed by atoms with Gasteiger partial charge >= 0.3 is 0 Å². The average Bonchev–Trinajstić information content (AvgIpc) is 3.03. The van der Waals surface area contributed by atoms with Crippen molar-refractivity contribution in [1.82, 2.24) is 19.8 Å². The van der Waals surface area contributed by atoms with Gasteiger partial charge in [0.25, 0.3) is 5.56 Å². The number of hydrogen-bond acceptors (Lipinski definition) is 5. The Kier molecular flexibility index (Phi) is 5.80. The van der Waals surface area contributed by atoms with Crippen molar-refractivity contribution in [3.05, 3.63) is 28.4 Å². The van der Waals surface area contributed by atoms with Gasteiger partial charge in [0.1, 0.15) is 0 Å². The maximum atomic E-state index is 12.4. The predicted molar refractivity (Wildman–Crippen MR) is 89.9 cm³/mol. The van der Waals surface area contributed by atoms with E-state index in [0.29, 0.717) is 51.9 Å². The number of rotatable bonds is 6. The Hall–Kier alpha value is -2.22. The number of aromatic nitrogens is 2. The number of amides is 2. The van der Waals surface area contributed by atoms with Crippen LogP contribution in [0.5, 0.6) is 0 Å².